The number of rotatable bonds is 5. The molecule has 1 atom stereocenters. The molecule has 4 nitrogen and oxygen atoms in total. The summed E-state index contributed by atoms with van der Waals surface area (Å²) >= 11 is 0. The summed E-state index contributed by atoms with van der Waals surface area (Å²) in [6.45, 7) is 0.751. The van der Waals surface area contributed by atoms with Crippen LogP contribution in [0.1, 0.15) is 28.8 Å². The van der Waals surface area contributed by atoms with E-state index < -0.39 is 23.2 Å². The van der Waals surface area contributed by atoms with Crippen LogP contribution >= 0.6 is 0 Å². The zero-order chi connectivity index (χ0) is 20.2. The number of likely N-dealkylation sites (tertiary alicyclic amines) is 1. The van der Waals surface area contributed by atoms with Gasteiger partial charge in [0.05, 0.1) is 17.7 Å². The summed E-state index contributed by atoms with van der Waals surface area (Å²) < 4.78 is 51.3. The molecule has 1 saturated heterocycles. The van der Waals surface area contributed by atoms with E-state index in [0.717, 1.165) is 6.07 Å². The molecule has 1 aliphatic heterocycles. The summed E-state index contributed by atoms with van der Waals surface area (Å²) in [6, 6.07) is 14.1. The Morgan fingerprint density at radius 3 is 2.46 bits per heavy atom. The number of halogens is 3. The molecule has 1 unspecified atom stereocenters. The topological polar surface area (TPSA) is 38.8 Å². The molecule has 1 aliphatic rings. The standard InChI is InChI=1S/C21H22F3NO3/c1-27-20(15-28-16-8-3-2-4-9-16)12-7-13-25(14-20)19(26)17-10-5-6-11-18(17)21(22,23)24/h2-6,8-11H,7,12-15H2,1H3. The van der Waals surface area contributed by atoms with Crippen LogP contribution in [0.15, 0.2) is 54.6 Å². The van der Waals surface area contributed by atoms with Crippen LogP contribution in [-0.2, 0) is 10.9 Å². The number of methoxy groups -OCH3 is 1. The lowest BCUT2D eigenvalue weighted by atomic mass is 9.92. The lowest BCUT2D eigenvalue weighted by Gasteiger charge is -2.41. The van der Waals surface area contributed by atoms with Gasteiger partial charge in [-0.2, -0.15) is 13.2 Å². The van der Waals surface area contributed by atoms with E-state index in [1.165, 1.54) is 30.2 Å². The van der Waals surface area contributed by atoms with Crippen LogP contribution in [0.4, 0.5) is 13.2 Å². The Balaban J connectivity index is 1.77. The number of benzene rings is 2. The average Bonchev–Trinajstić information content (AvgIpc) is 2.72. The molecule has 3 rings (SSSR count). The van der Waals surface area contributed by atoms with E-state index in [9.17, 15) is 18.0 Å². The van der Waals surface area contributed by atoms with Crippen molar-refractivity contribution in [1.29, 1.82) is 0 Å². The number of para-hydroxylation sites is 1. The van der Waals surface area contributed by atoms with Gasteiger partial charge in [0.1, 0.15) is 18.0 Å². The lowest BCUT2D eigenvalue weighted by Crippen LogP contribution is -2.54. The van der Waals surface area contributed by atoms with E-state index >= 15 is 0 Å². The molecule has 7 heteroatoms. The number of ether oxygens (including phenoxy) is 2. The fraction of sp³-hybridized carbons (Fsp3) is 0.381. The minimum absolute atomic E-state index is 0.168. The minimum Gasteiger partial charge on any atom is -0.491 e. The molecule has 0 saturated carbocycles. The summed E-state index contributed by atoms with van der Waals surface area (Å²) in [4.78, 5) is 14.3. The Morgan fingerprint density at radius 2 is 1.79 bits per heavy atom. The van der Waals surface area contributed by atoms with Gasteiger partial charge >= 0.3 is 6.18 Å². The third-order valence-corrected chi connectivity index (χ3v) is 4.97. The van der Waals surface area contributed by atoms with Crippen LogP contribution in [0, 0.1) is 0 Å². The molecule has 1 amide bonds. The number of carbonyl (C=O) groups is 1. The number of alkyl halides is 3. The third kappa shape index (κ3) is 4.47. The third-order valence-electron chi connectivity index (χ3n) is 4.97. The van der Waals surface area contributed by atoms with E-state index in [1.54, 1.807) is 0 Å². The Labute approximate surface area is 161 Å². The first-order valence-corrected chi connectivity index (χ1v) is 9.03. The van der Waals surface area contributed by atoms with Gasteiger partial charge in [-0.3, -0.25) is 4.79 Å². The van der Waals surface area contributed by atoms with Crippen molar-refractivity contribution in [1.82, 2.24) is 4.90 Å². The lowest BCUT2D eigenvalue weighted by molar-refractivity contribution is -0.138. The first kappa shape index (κ1) is 20.2. The molecule has 0 aromatic heterocycles. The maximum Gasteiger partial charge on any atom is 0.417 e. The smallest absolute Gasteiger partial charge is 0.417 e. The van der Waals surface area contributed by atoms with Crippen molar-refractivity contribution in [2.45, 2.75) is 24.6 Å². The summed E-state index contributed by atoms with van der Waals surface area (Å²) in [5, 5.41) is 0. The Hall–Kier alpha value is -2.54. The van der Waals surface area contributed by atoms with Gasteiger partial charge in [0.25, 0.3) is 5.91 Å². The molecule has 0 N–H and O–H groups in total. The van der Waals surface area contributed by atoms with Gasteiger partial charge < -0.3 is 14.4 Å². The van der Waals surface area contributed by atoms with E-state index in [1.807, 2.05) is 30.3 Å². The number of nitrogens with zero attached hydrogens (tertiary/aromatic N) is 1. The van der Waals surface area contributed by atoms with E-state index in [0.29, 0.717) is 25.1 Å². The Morgan fingerprint density at radius 1 is 1.11 bits per heavy atom. The summed E-state index contributed by atoms with van der Waals surface area (Å²) in [5.74, 6) is 0.0264. The highest BCUT2D eigenvalue weighted by Gasteiger charge is 2.41. The number of amides is 1. The van der Waals surface area contributed by atoms with Crippen molar-refractivity contribution in [3.05, 3.63) is 65.7 Å². The normalized spacial score (nSPS) is 20.1. The van der Waals surface area contributed by atoms with Crippen molar-refractivity contribution in [3.8, 4) is 5.75 Å². The van der Waals surface area contributed by atoms with Gasteiger partial charge in [0.2, 0.25) is 0 Å². The predicted octanol–water partition coefficient (Wildman–Crippen LogP) is 4.41. The second kappa shape index (κ2) is 8.22. The minimum atomic E-state index is -4.59. The zero-order valence-electron chi connectivity index (χ0n) is 15.5. The van der Waals surface area contributed by atoms with Crippen LogP contribution < -0.4 is 4.74 Å². The summed E-state index contributed by atoms with van der Waals surface area (Å²) in [6.07, 6.45) is -3.32. The fourth-order valence-electron chi connectivity index (χ4n) is 3.43. The van der Waals surface area contributed by atoms with Gasteiger partial charge in [-0.1, -0.05) is 30.3 Å². The highest BCUT2D eigenvalue weighted by molar-refractivity contribution is 5.96. The van der Waals surface area contributed by atoms with Gasteiger partial charge in [-0.15, -0.1) is 0 Å². The van der Waals surface area contributed by atoms with Crippen LogP contribution in [0.25, 0.3) is 0 Å². The fourth-order valence-corrected chi connectivity index (χ4v) is 3.43. The van der Waals surface area contributed by atoms with Gasteiger partial charge in [0, 0.05) is 13.7 Å². The number of carbonyl (C=O) groups excluding carboxylic acids is 1. The average molecular weight is 393 g/mol. The Kier molecular flexibility index (Phi) is 5.93. The molecule has 0 bridgehead atoms. The molecular weight excluding hydrogens is 371 g/mol. The van der Waals surface area contributed by atoms with E-state index in [4.69, 9.17) is 9.47 Å². The van der Waals surface area contributed by atoms with Crippen molar-refractivity contribution < 1.29 is 27.4 Å². The van der Waals surface area contributed by atoms with Crippen molar-refractivity contribution >= 4 is 5.91 Å². The van der Waals surface area contributed by atoms with Crippen LogP contribution in [-0.4, -0.2) is 43.2 Å². The largest absolute Gasteiger partial charge is 0.491 e. The van der Waals surface area contributed by atoms with Gasteiger partial charge in [-0.05, 0) is 37.1 Å². The first-order chi connectivity index (χ1) is 13.3. The monoisotopic (exact) mass is 393 g/mol. The van der Waals surface area contributed by atoms with Gasteiger partial charge in [-0.25, -0.2) is 0 Å². The van der Waals surface area contributed by atoms with Gasteiger partial charge in [0.15, 0.2) is 0 Å². The quantitative estimate of drug-likeness (QED) is 0.756. The van der Waals surface area contributed by atoms with Crippen LogP contribution in [0.5, 0.6) is 5.75 Å². The molecular formula is C21H22F3NO3. The molecule has 150 valence electrons. The highest BCUT2D eigenvalue weighted by Crippen LogP contribution is 2.34. The van der Waals surface area contributed by atoms with Crippen molar-refractivity contribution in [2.75, 3.05) is 26.8 Å². The molecule has 1 heterocycles. The van der Waals surface area contributed by atoms with Crippen LogP contribution in [0.2, 0.25) is 0 Å². The molecule has 28 heavy (non-hydrogen) atoms. The zero-order valence-corrected chi connectivity index (χ0v) is 15.5. The molecule has 2 aromatic carbocycles. The summed E-state index contributed by atoms with van der Waals surface area (Å²) in [7, 11) is 1.53. The Bertz CT molecular complexity index is 810. The SMILES string of the molecule is COC1(COc2ccccc2)CCCN(C(=O)c2ccccc2C(F)(F)F)C1. The molecule has 0 aliphatic carbocycles. The molecule has 0 spiro atoms. The molecule has 0 radical (unpaired) electrons. The maximum atomic E-state index is 13.3. The number of hydrogen-bond donors (Lipinski definition) is 0. The van der Waals surface area contributed by atoms with Crippen LogP contribution in [0.3, 0.4) is 0 Å². The number of piperidine rings is 1. The second-order valence-corrected chi connectivity index (χ2v) is 6.86. The maximum absolute atomic E-state index is 13.3. The second-order valence-electron chi connectivity index (χ2n) is 6.86. The van der Waals surface area contributed by atoms with Crippen molar-refractivity contribution in [2.24, 2.45) is 0 Å². The highest BCUT2D eigenvalue weighted by atomic mass is 19.4. The first-order valence-electron chi connectivity index (χ1n) is 9.03. The van der Waals surface area contributed by atoms with Crippen molar-refractivity contribution in [3.63, 3.8) is 0 Å². The number of hydrogen-bond acceptors (Lipinski definition) is 3. The van der Waals surface area contributed by atoms with E-state index in [-0.39, 0.29) is 18.7 Å². The van der Waals surface area contributed by atoms with E-state index in [2.05, 4.69) is 0 Å². The predicted molar refractivity (Wildman–Crippen MR) is 98.3 cm³/mol. The molecule has 1 fully saturated rings. The molecule has 2 aromatic rings. The summed E-state index contributed by atoms with van der Waals surface area (Å²) in [5.41, 5.74) is -2.03.